The van der Waals surface area contributed by atoms with Gasteiger partial charge in [0.15, 0.2) is 0 Å². The van der Waals surface area contributed by atoms with E-state index < -0.39 is 0 Å². The summed E-state index contributed by atoms with van der Waals surface area (Å²) in [6.45, 7) is 4.68. The molecule has 2 fully saturated rings. The topological polar surface area (TPSA) is 39.7 Å². The highest BCUT2D eigenvalue weighted by Crippen LogP contribution is 2.29. The Kier molecular flexibility index (Phi) is 4.85. The molecule has 5 nitrogen and oxygen atoms in total. The SMILES string of the molecule is CC(=O)N(C[C@@H]1CCCN1Cc1ccnc(N(C)C)c1)C1CC1. The second-order valence-corrected chi connectivity index (χ2v) is 7.09. The third-order valence-electron chi connectivity index (χ3n) is 4.95. The molecule has 3 rings (SSSR count). The molecule has 1 saturated heterocycles. The van der Waals surface area contributed by atoms with Crippen LogP contribution in [0.15, 0.2) is 18.3 Å². The Morgan fingerprint density at radius 2 is 2.13 bits per heavy atom. The molecule has 0 spiro atoms. The summed E-state index contributed by atoms with van der Waals surface area (Å²) < 4.78 is 0. The molecule has 1 amide bonds. The zero-order chi connectivity index (χ0) is 16.4. The van der Waals surface area contributed by atoms with Crippen LogP contribution in [0.4, 0.5) is 5.82 Å². The molecular formula is C18H28N4O. The van der Waals surface area contributed by atoms with Crippen LogP contribution in [-0.2, 0) is 11.3 Å². The second kappa shape index (κ2) is 6.87. The van der Waals surface area contributed by atoms with Crippen LogP contribution in [0.25, 0.3) is 0 Å². The van der Waals surface area contributed by atoms with E-state index in [4.69, 9.17) is 0 Å². The first-order chi connectivity index (χ1) is 11.0. The molecule has 2 aliphatic rings. The van der Waals surface area contributed by atoms with E-state index in [-0.39, 0.29) is 5.91 Å². The number of amides is 1. The Bertz CT molecular complexity index is 556. The number of aromatic nitrogens is 1. The van der Waals surface area contributed by atoms with Crippen molar-refractivity contribution in [3.05, 3.63) is 23.9 Å². The molecule has 2 heterocycles. The number of anilines is 1. The van der Waals surface area contributed by atoms with Gasteiger partial charge in [-0.3, -0.25) is 9.69 Å². The number of hydrogen-bond donors (Lipinski definition) is 0. The average molecular weight is 316 g/mol. The molecule has 1 aromatic rings. The fraction of sp³-hybridized carbons (Fsp3) is 0.667. The Labute approximate surface area is 139 Å². The number of pyridine rings is 1. The molecule has 23 heavy (non-hydrogen) atoms. The number of carbonyl (C=O) groups excluding carboxylic acids is 1. The summed E-state index contributed by atoms with van der Waals surface area (Å²) in [5, 5.41) is 0. The van der Waals surface area contributed by atoms with Crippen molar-refractivity contribution in [3.8, 4) is 0 Å². The van der Waals surface area contributed by atoms with Gasteiger partial charge in [-0.25, -0.2) is 4.98 Å². The van der Waals surface area contributed by atoms with Crippen molar-refractivity contribution in [2.45, 2.75) is 51.2 Å². The highest BCUT2D eigenvalue weighted by atomic mass is 16.2. The first kappa shape index (κ1) is 16.2. The molecule has 5 heteroatoms. The molecule has 1 aliphatic carbocycles. The molecule has 0 aromatic carbocycles. The quantitative estimate of drug-likeness (QED) is 0.806. The van der Waals surface area contributed by atoms with Crippen LogP contribution in [0, 0.1) is 0 Å². The molecule has 0 unspecified atom stereocenters. The summed E-state index contributed by atoms with van der Waals surface area (Å²) in [5.74, 6) is 1.24. The van der Waals surface area contributed by atoms with Crippen molar-refractivity contribution in [3.63, 3.8) is 0 Å². The fourth-order valence-electron chi connectivity index (χ4n) is 3.50. The number of likely N-dealkylation sites (tertiary alicyclic amines) is 1. The fourth-order valence-corrected chi connectivity index (χ4v) is 3.50. The Balaban J connectivity index is 1.64. The van der Waals surface area contributed by atoms with Crippen molar-refractivity contribution in [2.24, 2.45) is 0 Å². The molecule has 0 radical (unpaired) electrons. The summed E-state index contributed by atoms with van der Waals surface area (Å²) in [6.07, 6.45) is 6.68. The highest BCUT2D eigenvalue weighted by molar-refractivity contribution is 5.74. The van der Waals surface area contributed by atoms with Crippen LogP contribution in [0.2, 0.25) is 0 Å². The third-order valence-corrected chi connectivity index (χ3v) is 4.95. The minimum atomic E-state index is 0.234. The van der Waals surface area contributed by atoms with Crippen LogP contribution in [0.5, 0.6) is 0 Å². The van der Waals surface area contributed by atoms with Gasteiger partial charge >= 0.3 is 0 Å². The summed E-state index contributed by atoms with van der Waals surface area (Å²) >= 11 is 0. The van der Waals surface area contributed by atoms with E-state index >= 15 is 0 Å². The first-order valence-electron chi connectivity index (χ1n) is 8.68. The van der Waals surface area contributed by atoms with Crippen molar-refractivity contribution < 1.29 is 4.79 Å². The molecule has 1 aromatic heterocycles. The minimum Gasteiger partial charge on any atom is -0.363 e. The van der Waals surface area contributed by atoms with Gasteiger partial charge in [0.1, 0.15) is 5.82 Å². The first-order valence-corrected chi connectivity index (χ1v) is 8.68. The second-order valence-electron chi connectivity index (χ2n) is 7.09. The lowest BCUT2D eigenvalue weighted by molar-refractivity contribution is -0.130. The van der Waals surface area contributed by atoms with Crippen LogP contribution >= 0.6 is 0 Å². The monoisotopic (exact) mass is 316 g/mol. The predicted molar refractivity (Wildman–Crippen MR) is 92.4 cm³/mol. The van der Waals surface area contributed by atoms with Crippen molar-refractivity contribution in [1.82, 2.24) is 14.8 Å². The van der Waals surface area contributed by atoms with Crippen molar-refractivity contribution >= 4 is 11.7 Å². The normalized spacial score (nSPS) is 21.4. The van der Waals surface area contributed by atoms with E-state index in [1.807, 2.05) is 25.2 Å². The lowest BCUT2D eigenvalue weighted by atomic mass is 10.1. The van der Waals surface area contributed by atoms with Gasteiger partial charge in [0.05, 0.1) is 0 Å². The van der Waals surface area contributed by atoms with Crippen LogP contribution < -0.4 is 4.90 Å². The summed E-state index contributed by atoms with van der Waals surface area (Å²) in [5.41, 5.74) is 1.30. The summed E-state index contributed by atoms with van der Waals surface area (Å²) in [6, 6.07) is 5.28. The van der Waals surface area contributed by atoms with Gasteiger partial charge < -0.3 is 9.80 Å². The lowest BCUT2D eigenvalue weighted by Gasteiger charge is -2.30. The zero-order valence-electron chi connectivity index (χ0n) is 14.5. The van der Waals surface area contributed by atoms with Crippen molar-refractivity contribution in [1.29, 1.82) is 0 Å². The van der Waals surface area contributed by atoms with Crippen LogP contribution in [0.3, 0.4) is 0 Å². The van der Waals surface area contributed by atoms with Gasteiger partial charge in [-0.1, -0.05) is 0 Å². The molecule has 1 aliphatic heterocycles. The molecule has 0 bridgehead atoms. The summed E-state index contributed by atoms with van der Waals surface area (Å²) in [4.78, 5) is 23.0. The van der Waals surface area contributed by atoms with Crippen molar-refractivity contribution in [2.75, 3.05) is 32.1 Å². The lowest BCUT2D eigenvalue weighted by Crippen LogP contribution is -2.43. The standard InChI is InChI=1S/C18H28N4O/c1-14(23)22(16-6-7-16)13-17-5-4-10-21(17)12-15-8-9-19-18(11-15)20(2)3/h8-9,11,16-17H,4-7,10,12-13H2,1-3H3/t17-/m0/s1. The Hall–Kier alpha value is -1.62. The van der Waals surface area contributed by atoms with Crippen LogP contribution in [0.1, 0.15) is 38.2 Å². The van der Waals surface area contributed by atoms with Gasteiger partial charge in [-0.05, 0) is 49.9 Å². The molecular weight excluding hydrogens is 288 g/mol. The van der Waals surface area contributed by atoms with Gasteiger partial charge in [-0.15, -0.1) is 0 Å². The molecule has 1 atom stereocenters. The average Bonchev–Trinajstić information content (AvgIpc) is 3.26. The van der Waals surface area contributed by atoms with Gasteiger partial charge in [-0.2, -0.15) is 0 Å². The van der Waals surface area contributed by atoms with Crippen LogP contribution in [-0.4, -0.2) is 60.0 Å². The van der Waals surface area contributed by atoms with E-state index in [1.165, 1.54) is 31.2 Å². The number of nitrogens with zero attached hydrogens (tertiary/aromatic N) is 4. The zero-order valence-corrected chi connectivity index (χ0v) is 14.5. The summed E-state index contributed by atoms with van der Waals surface area (Å²) in [7, 11) is 4.04. The maximum absolute atomic E-state index is 11.9. The molecule has 1 saturated carbocycles. The largest absolute Gasteiger partial charge is 0.363 e. The van der Waals surface area contributed by atoms with E-state index in [0.717, 1.165) is 25.5 Å². The Morgan fingerprint density at radius 3 is 2.78 bits per heavy atom. The van der Waals surface area contributed by atoms with E-state index in [0.29, 0.717) is 12.1 Å². The number of carbonyl (C=O) groups is 1. The van der Waals surface area contributed by atoms with E-state index in [2.05, 4.69) is 26.9 Å². The van der Waals surface area contributed by atoms with Gasteiger partial charge in [0, 0.05) is 52.4 Å². The maximum Gasteiger partial charge on any atom is 0.219 e. The minimum absolute atomic E-state index is 0.234. The smallest absolute Gasteiger partial charge is 0.219 e. The van der Waals surface area contributed by atoms with E-state index in [1.54, 1.807) is 6.92 Å². The predicted octanol–water partition coefficient (Wildman–Crippen LogP) is 2.12. The third kappa shape index (κ3) is 4.02. The number of rotatable bonds is 6. The number of hydrogen-bond acceptors (Lipinski definition) is 4. The van der Waals surface area contributed by atoms with E-state index in [9.17, 15) is 4.79 Å². The van der Waals surface area contributed by atoms with Gasteiger partial charge in [0.2, 0.25) is 5.91 Å². The maximum atomic E-state index is 11.9. The molecule has 126 valence electrons. The highest BCUT2D eigenvalue weighted by Gasteiger charge is 2.35. The van der Waals surface area contributed by atoms with Gasteiger partial charge in [0.25, 0.3) is 0 Å². The molecule has 0 N–H and O–H groups in total. The Morgan fingerprint density at radius 1 is 1.35 bits per heavy atom.